The lowest BCUT2D eigenvalue weighted by atomic mass is 9.97. The molecule has 1 saturated heterocycles. The standard InChI is InChI=1S/C9H18N2O2/c1-6-3-10-5-8(6)9(13)11-4-7(2)12/h6-8,10,12H,3-5H2,1-2H3,(H,11,13)/t6-,7?,8-/m1/s1. The maximum atomic E-state index is 11.5. The summed E-state index contributed by atoms with van der Waals surface area (Å²) in [6, 6.07) is 0. The molecule has 76 valence electrons. The van der Waals surface area contributed by atoms with Gasteiger partial charge in [0.05, 0.1) is 12.0 Å². The van der Waals surface area contributed by atoms with Crippen molar-refractivity contribution in [1.29, 1.82) is 0 Å². The fourth-order valence-electron chi connectivity index (χ4n) is 1.54. The third-order valence-electron chi connectivity index (χ3n) is 2.43. The third kappa shape index (κ3) is 2.97. The van der Waals surface area contributed by atoms with E-state index >= 15 is 0 Å². The van der Waals surface area contributed by atoms with Gasteiger partial charge >= 0.3 is 0 Å². The molecule has 1 aliphatic heterocycles. The average molecular weight is 186 g/mol. The maximum absolute atomic E-state index is 11.5. The highest BCUT2D eigenvalue weighted by Crippen LogP contribution is 2.15. The Morgan fingerprint density at radius 1 is 1.69 bits per heavy atom. The Labute approximate surface area is 78.7 Å². The lowest BCUT2D eigenvalue weighted by Gasteiger charge is -2.14. The molecule has 1 fully saturated rings. The van der Waals surface area contributed by atoms with Crippen LogP contribution in [0.5, 0.6) is 0 Å². The molecule has 4 nitrogen and oxygen atoms in total. The molecule has 13 heavy (non-hydrogen) atoms. The van der Waals surface area contributed by atoms with Crippen molar-refractivity contribution in [3.05, 3.63) is 0 Å². The van der Waals surface area contributed by atoms with Crippen LogP contribution >= 0.6 is 0 Å². The molecule has 3 atom stereocenters. The van der Waals surface area contributed by atoms with E-state index in [0.29, 0.717) is 12.5 Å². The van der Waals surface area contributed by atoms with Crippen LogP contribution in [0, 0.1) is 11.8 Å². The van der Waals surface area contributed by atoms with E-state index in [1.54, 1.807) is 6.92 Å². The minimum atomic E-state index is -0.464. The molecule has 1 aliphatic rings. The highest BCUT2D eigenvalue weighted by molar-refractivity contribution is 5.79. The summed E-state index contributed by atoms with van der Waals surface area (Å²) in [5.41, 5.74) is 0. The van der Waals surface area contributed by atoms with Gasteiger partial charge in [-0.15, -0.1) is 0 Å². The van der Waals surface area contributed by atoms with Gasteiger partial charge in [0.1, 0.15) is 0 Å². The summed E-state index contributed by atoms with van der Waals surface area (Å²) in [4.78, 5) is 11.5. The summed E-state index contributed by atoms with van der Waals surface area (Å²) in [6.45, 7) is 5.74. The van der Waals surface area contributed by atoms with E-state index in [9.17, 15) is 4.79 Å². The molecule has 0 bridgehead atoms. The van der Waals surface area contributed by atoms with E-state index in [1.165, 1.54) is 0 Å². The Morgan fingerprint density at radius 2 is 2.38 bits per heavy atom. The molecule has 0 aromatic rings. The Balaban J connectivity index is 2.30. The molecule has 0 aromatic heterocycles. The number of aliphatic hydroxyl groups excluding tert-OH is 1. The van der Waals surface area contributed by atoms with Gasteiger partial charge in [0, 0.05) is 13.1 Å². The number of hydrogen-bond donors (Lipinski definition) is 3. The van der Waals surface area contributed by atoms with Gasteiger partial charge in [0.25, 0.3) is 0 Å². The number of hydrogen-bond acceptors (Lipinski definition) is 3. The van der Waals surface area contributed by atoms with Gasteiger partial charge in [-0.1, -0.05) is 6.92 Å². The predicted octanol–water partition coefficient (Wildman–Crippen LogP) is -0.661. The zero-order chi connectivity index (χ0) is 9.84. The first-order chi connectivity index (χ1) is 6.11. The Kier molecular flexibility index (Phi) is 3.69. The lowest BCUT2D eigenvalue weighted by Crippen LogP contribution is -2.37. The lowest BCUT2D eigenvalue weighted by molar-refractivity contribution is -0.125. The molecule has 0 spiro atoms. The zero-order valence-corrected chi connectivity index (χ0v) is 8.21. The molecule has 0 radical (unpaired) electrons. The van der Waals surface area contributed by atoms with Crippen molar-refractivity contribution in [2.24, 2.45) is 11.8 Å². The number of amides is 1. The molecule has 0 saturated carbocycles. The van der Waals surface area contributed by atoms with Crippen LogP contribution in [0.4, 0.5) is 0 Å². The molecule has 1 heterocycles. The Morgan fingerprint density at radius 3 is 2.85 bits per heavy atom. The van der Waals surface area contributed by atoms with E-state index < -0.39 is 6.10 Å². The van der Waals surface area contributed by atoms with Crippen LogP contribution in [-0.4, -0.2) is 36.8 Å². The second-order valence-electron chi connectivity index (χ2n) is 3.84. The normalized spacial score (nSPS) is 30.1. The fourth-order valence-corrected chi connectivity index (χ4v) is 1.54. The van der Waals surface area contributed by atoms with Gasteiger partial charge in [-0.05, 0) is 19.4 Å². The van der Waals surface area contributed by atoms with E-state index in [2.05, 4.69) is 17.6 Å². The van der Waals surface area contributed by atoms with Crippen molar-refractivity contribution in [2.75, 3.05) is 19.6 Å². The van der Waals surface area contributed by atoms with Gasteiger partial charge in [-0.3, -0.25) is 4.79 Å². The van der Waals surface area contributed by atoms with Gasteiger partial charge in [-0.2, -0.15) is 0 Å². The molecule has 4 heteroatoms. The van der Waals surface area contributed by atoms with E-state index in [0.717, 1.165) is 13.1 Å². The summed E-state index contributed by atoms with van der Waals surface area (Å²) in [7, 11) is 0. The fraction of sp³-hybridized carbons (Fsp3) is 0.889. The van der Waals surface area contributed by atoms with Crippen molar-refractivity contribution in [3.63, 3.8) is 0 Å². The quantitative estimate of drug-likeness (QED) is 0.548. The van der Waals surface area contributed by atoms with Gasteiger partial charge in [0.2, 0.25) is 5.91 Å². The maximum Gasteiger partial charge on any atom is 0.224 e. The predicted molar refractivity (Wildman–Crippen MR) is 50.2 cm³/mol. The summed E-state index contributed by atoms with van der Waals surface area (Å²) in [5, 5.41) is 14.9. The minimum absolute atomic E-state index is 0.0541. The Hall–Kier alpha value is -0.610. The zero-order valence-electron chi connectivity index (χ0n) is 8.21. The van der Waals surface area contributed by atoms with Crippen molar-refractivity contribution < 1.29 is 9.90 Å². The van der Waals surface area contributed by atoms with Crippen LogP contribution in [0.3, 0.4) is 0 Å². The number of aliphatic hydroxyl groups is 1. The van der Waals surface area contributed by atoms with Crippen LogP contribution < -0.4 is 10.6 Å². The SMILES string of the molecule is CC(O)CNC(=O)[C@@H]1CNC[C@H]1C. The van der Waals surface area contributed by atoms with Crippen molar-refractivity contribution in [3.8, 4) is 0 Å². The van der Waals surface area contributed by atoms with Crippen LogP contribution in [0.2, 0.25) is 0 Å². The van der Waals surface area contributed by atoms with Crippen LogP contribution in [0.25, 0.3) is 0 Å². The first-order valence-electron chi connectivity index (χ1n) is 4.77. The molecule has 3 N–H and O–H groups in total. The molecular weight excluding hydrogens is 168 g/mol. The smallest absolute Gasteiger partial charge is 0.224 e. The second kappa shape index (κ2) is 4.58. The highest BCUT2D eigenvalue weighted by Gasteiger charge is 2.29. The summed E-state index contributed by atoms with van der Waals surface area (Å²) in [5.74, 6) is 0.520. The molecule has 1 amide bonds. The van der Waals surface area contributed by atoms with Crippen molar-refractivity contribution in [1.82, 2.24) is 10.6 Å². The number of nitrogens with one attached hydrogen (secondary N) is 2. The highest BCUT2D eigenvalue weighted by atomic mass is 16.3. The van der Waals surface area contributed by atoms with Crippen molar-refractivity contribution >= 4 is 5.91 Å². The molecule has 0 aliphatic carbocycles. The number of carbonyl (C=O) groups is 1. The largest absolute Gasteiger partial charge is 0.392 e. The topological polar surface area (TPSA) is 61.4 Å². The number of rotatable bonds is 3. The van der Waals surface area contributed by atoms with Crippen LogP contribution in [0.15, 0.2) is 0 Å². The minimum Gasteiger partial charge on any atom is -0.392 e. The summed E-state index contributed by atoms with van der Waals surface area (Å²) >= 11 is 0. The van der Waals surface area contributed by atoms with Crippen LogP contribution in [-0.2, 0) is 4.79 Å². The van der Waals surface area contributed by atoms with Gasteiger partial charge < -0.3 is 15.7 Å². The van der Waals surface area contributed by atoms with E-state index in [-0.39, 0.29) is 11.8 Å². The number of carbonyl (C=O) groups excluding carboxylic acids is 1. The van der Waals surface area contributed by atoms with Gasteiger partial charge in [-0.25, -0.2) is 0 Å². The van der Waals surface area contributed by atoms with Crippen molar-refractivity contribution in [2.45, 2.75) is 20.0 Å². The van der Waals surface area contributed by atoms with E-state index in [4.69, 9.17) is 5.11 Å². The van der Waals surface area contributed by atoms with E-state index in [1.807, 2.05) is 0 Å². The first kappa shape index (κ1) is 10.5. The third-order valence-corrected chi connectivity index (χ3v) is 2.43. The second-order valence-corrected chi connectivity index (χ2v) is 3.84. The van der Waals surface area contributed by atoms with Crippen LogP contribution in [0.1, 0.15) is 13.8 Å². The molecule has 1 unspecified atom stereocenters. The average Bonchev–Trinajstić information content (AvgIpc) is 2.47. The molecule has 0 aromatic carbocycles. The molecule has 1 rings (SSSR count). The molecular formula is C9H18N2O2. The monoisotopic (exact) mass is 186 g/mol. The first-order valence-corrected chi connectivity index (χ1v) is 4.77. The van der Waals surface area contributed by atoms with Gasteiger partial charge in [0.15, 0.2) is 0 Å². The Bertz CT molecular complexity index is 182. The summed E-state index contributed by atoms with van der Waals surface area (Å²) in [6.07, 6.45) is -0.464. The summed E-state index contributed by atoms with van der Waals surface area (Å²) < 4.78 is 0.